The Labute approximate surface area is 142 Å². The van der Waals surface area contributed by atoms with Gasteiger partial charge in [0, 0.05) is 25.0 Å². The van der Waals surface area contributed by atoms with E-state index >= 15 is 0 Å². The lowest BCUT2D eigenvalue weighted by Gasteiger charge is -2.24. The molecule has 0 aliphatic rings. The molecule has 130 valence electrons. The van der Waals surface area contributed by atoms with Crippen LogP contribution in [0.4, 0.5) is 0 Å². The van der Waals surface area contributed by atoms with E-state index in [1.165, 1.54) is 0 Å². The van der Waals surface area contributed by atoms with Gasteiger partial charge in [0.2, 0.25) is 5.88 Å². The van der Waals surface area contributed by atoms with E-state index in [9.17, 15) is 4.79 Å². The predicted molar refractivity (Wildman–Crippen MR) is 92.0 cm³/mol. The largest absolute Gasteiger partial charge is 0.477 e. The zero-order chi connectivity index (χ0) is 17.5. The SMILES string of the molecule is CCOc1ncccc1C(=O)N(CCN(C)C)Cc1nc[nH]c1C. The van der Waals surface area contributed by atoms with E-state index in [1.807, 2.05) is 32.8 Å². The van der Waals surface area contributed by atoms with Gasteiger partial charge in [0.15, 0.2) is 0 Å². The molecule has 0 aliphatic carbocycles. The number of aryl methyl sites for hydroxylation is 1. The first kappa shape index (κ1) is 17.9. The van der Waals surface area contributed by atoms with Crippen LogP contribution >= 0.6 is 0 Å². The number of aromatic nitrogens is 3. The second-order valence-electron chi connectivity index (χ2n) is 5.79. The maximum absolute atomic E-state index is 13.0. The van der Waals surface area contributed by atoms with Gasteiger partial charge in [-0.2, -0.15) is 0 Å². The summed E-state index contributed by atoms with van der Waals surface area (Å²) in [5, 5.41) is 0. The Morgan fingerprint density at radius 3 is 2.71 bits per heavy atom. The molecule has 0 bridgehead atoms. The summed E-state index contributed by atoms with van der Waals surface area (Å²) in [6.07, 6.45) is 3.28. The van der Waals surface area contributed by atoms with E-state index in [1.54, 1.807) is 29.6 Å². The highest BCUT2D eigenvalue weighted by atomic mass is 16.5. The number of pyridine rings is 1. The summed E-state index contributed by atoms with van der Waals surface area (Å²) in [5.74, 6) is 0.273. The smallest absolute Gasteiger partial charge is 0.259 e. The van der Waals surface area contributed by atoms with Crippen molar-refractivity contribution in [2.45, 2.75) is 20.4 Å². The maximum atomic E-state index is 13.0. The molecular formula is C17H25N5O2. The summed E-state index contributed by atoms with van der Waals surface area (Å²) in [5.41, 5.74) is 2.31. The first-order chi connectivity index (χ1) is 11.5. The number of aromatic amines is 1. The zero-order valence-electron chi connectivity index (χ0n) is 14.7. The molecule has 0 saturated carbocycles. The fourth-order valence-corrected chi connectivity index (χ4v) is 2.28. The van der Waals surface area contributed by atoms with Gasteiger partial charge in [-0.05, 0) is 40.1 Å². The summed E-state index contributed by atoms with van der Waals surface area (Å²) >= 11 is 0. The molecule has 2 heterocycles. The number of nitrogens with zero attached hydrogens (tertiary/aromatic N) is 4. The maximum Gasteiger partial charge on any atom is 0.259 e. The van der Waals surface area contributed by atoms with Crippen molar-refractivity contribution in [1.29, 1.82) is 0 Å². The first-order valence-electron chi connectivity index (χ1n) is 8.03. The molecule has 1 N–H and O–H groups in total. The van der Waals surface area contributed by atoms with Crippen LogP contribution in [0.3, 0.4) is 0 Å². The van der Waals surface area contributed by atoms with Crippen LogP contribution < -0.4 is 4.74 Å². The number of imidazole rings is 1. The topological polar surface area (TPSA) is 74.3 Å². The van der Waals surface area contributed by atoms with Gasteiger partial charge in [-0.25, -0.2) is 9.97 Å². The van der Waals surface area contributed by atoms with E-state index in [4.69, 9.17) is 4.74 Å². The van der Waals surface area contributed by atoms with E-state index in [0.29, 0.717) is 31.1 Å². The minimum absolute atomic E-state index is 0.101. The number of nitrogens with one attached hydrogen (secondary N) is 1. The van der Waals surface area contributed by atoms with Gasteiger partial charge in [-0.15, -0.1) is 0 Å². The molecule has 2 rings (SSSR count). The standard InChI is InChI=1S/C17H25N5O2/c1-5-24-16-14(7-6-8-18-16)17(23)22(10-9-21(3)4)11-15-13(2)19-12-20-15/h6-8,12H,5,9-11H2,1-4H3,(H,19,20). The highest BCUT2D eigenvalue weighted by molar-refractivity contribution is 5.96. The molecule has 0 unspecified atom stereocenters. The van der Waals surface area contributed by atoms with Crippen LogP contribution in [0.15, 0.2) is 24.7 Å². The summed E-state index contributed by atoms with van der Waals surface area (Å²) in [6.45, 7) is 6.10. The van der Waals surface area contributed by atoms with Crippen molar-refractivity contribution >= 4 is 5.91 Å². The molecule has 1 amide bonds. The zero-order valence-corrected chi connectivity index (χ0v) is 14.7. The van der Waals surface area contributed by atoms with Crippen molar-refractivity contribution in [3.63, 3.8) is 0 Å². The Morgan fingerprint density at radius 2 is 2.08 bits per heavy atom. The average molecular weight is 331 g/mol. The van der Waals surface area contributed by atoms with Gasteiger partial charge in [0.05, 0.1) is 25.2 Å². The Bertz CT molecular complexity index is 669. The third kappa shape index (κ3) is 4.55. The van der Waals surface area contributed by atoms with Gasteiger partial charge >= 0.3 is 0 Å². The van der Waals surface area contributed by atoms with E-state index in [-0.39, 0.29) is 5.91 Å². The highest BCUT2D eigenvalue weighted by Gasteiger charge is 2.22. The molecule has 7 nitrogen and oxygen atoms in total. The minimum atomic E-state index is -0.101. The minimum Gasteiger partial charge on any atom is -0.477 e. The van der Waals surface area contributed by atoms with Crippen LogP contribution in [-0.4, -0.2) is 64.5 Å². The Balaban J connectivity index is 2.25. The number of hydrogen-bond donors (Lipinski definition) is 1. The number of hydrogen-bond acceptors (Lipinski definition) is 5. The third-order valence-corrected chi connectivity index (χ3v) is 3.66. The van der Waals surface area contributed by atoms with Crippen LogP contribution in [-0.2, 0) is 6.54 Å². The Morgan fingerprint density at radius 1 is 1.29 bits per heavy atom. The molecule has 0 radical (unpaired) electrons. The molecular weight excluding hydrogens is 306 g/mol. The fraction of sp³-hybridized carbons (Fsp3) is 0.471. The molecule has 0 saturated heterocycles. The van der Waals surface area contributed by atoms with E-state index in [2.05, 4.69) is 15.0 Å². The van der Waals surface area contributed by atoms with Crippen molar-refractivity contribution in [3.8, 4) is 5.88 Å². The fourth-order valence-electron chi connectivity index (χ4n) is 2.28. The Kier molecular flexibility index (Phi) is 6.31. The normalized spacial score (nSPS) is 10.9. The first-order valence-corrected chi connectivity index (χ1v) is 8.03. The van der Waals surface area contributed by atoms with Crippen LogP contribution in [0, 0.1) is 6.92 Å². The van der Waals surface area contributed by atoms with Crippen LogP contribution in [0.25, 0.3) is 0 Å². The summed E-state index contributed by atoms with van der Waals surface area (Å²) in [6, 6.07) is 3.50. The molecule has 0 spiro atoms. The van der Waals surface area contributed by atoms with Crippen molar-refractivity contribution in [2.24, 2.45) is 0 Å². The lowest BCUT2D eigenvalue weighted by molar-refractivity contribution is 0.0724. The van der Waals surface area contributed by atoms with Crippen molar-refractivity contribution in [1.82, 2.24) is 24.8 Å². The molecule has 24 heavy (non-hydrogen) atoms. The number of H-pyrrole nitrogens is 1. The summed E-state index contributed by atoms with van der Waals surface area (Å²) < 4.78 is 5.50. The van der Waals surface area contributed by atoms with Crippen LogP contribution in [0.1, 0.15) is 28.7 Å². The second kappa shape index (κ2) is 8.44. The Hall–Kier alpha value is -2.41. The van der Waals surface area contributed by atoms with E-state index in [0.717, 1.165) is 17.9 Å². The molecule has 7 heteroatoms. The monoisotopic (exact) mass is 331 g/mol. The van der Waals surface area contributed by atoms with Crippen molar-refractivity contribution in [2.75, 3.05) is 33.8 Å². The van der Waals surface area contributed by atoms with Gasteiger partial charge in [-0.3, -0.25) is 4.79 Å². The predicted octanol–water partition coefficient (Wildman–Crippen LogP) is 1.72. The number of carbonyl (C=O) groups excluding carboxylic acids is 1. The van der Waals surface area contributed by atoms with E-state index < -0.39 is 0 Å². The third-order valence-electron chi connectivity index (χ3n) is 3.66. The quantitative estimate of drug-likeness (QED) is 0.797. The molecule has 0 fully saturated rings. The highest BCUT2D eigenvalue weighted by Crippen LogP contribution is 2.18. The van der Waals surface area contributed by atoms with Gasteiger partial charge in [-0.1, -0.05) is 0 Å². The molecule has 2 aromatic heterocycles. The number of ether oxygens (including phenoxy) is 1. The number of amides is 1. The summed E-state index contributed by atoms with van der Waals surface area (Å²) in [7, 11) is 3.97. The van der Waals surface area contributed by atoms with Gasteiger partial charge in [0.1, 0.15) is 5.56 Å². The summed E-state index contributed by atoms with van der Waals surface area (Å²) in [4.78, 5) is 28.4. The molecule has 2 aromatic rings. The van der Waals surface area contributed by atoms with Gasteiger partial charge < -0.3 is 19.5 Å². The van der Waals surface area contributed by atoms with Crippen LogP contribution in [0.2, 0.25) is 0 Å². The molecule has 0 aromatic carbocycles. The van der Waals surface area contributed by atoms with Crippen molar-refractivity contribution in [3.05, 3.63) is 41.6 Å². The molecule has 0 atom stereocenters. The lowest BCUT2D eigenvalue weighted by atomic mass is 10.2. The number of likely N-dealkylation sites (N-methyl/N-ethyl adjacent to an activating group) is 1. The number of carbonyl (C=O) groups is 1. The van der Waals surface area contributed by atoms with Gasteiger partial charge in [0.25, 0.3) is 5.91 Å². The van der Waals surface area contributed by atoms with Crippen molar-refractivity contribution < 1.29 is 9.53 Å². The average Bonchev–Trinajstić information content (AvgIpc) is 2.96. The number of rotatable bonds is 8. The van der Waals surface area contributed by atoms with Crippen LogP contribution in [0.5, 0.6) is 5.88 Å². The molecule has 0 aliphatic heterocycles. The second-order valence-corrected chi connectivity index (χ2v) is 5.79. The lowest BCUT2D eigenvalue weighted by Crippen LogP contribution is -2.36.